The van der Waals surface area contributed by atoms with Crippen molar-refractivity contribution in [2.45, 2.75) is 26.7 Å². The van der Waals surface area contributed by atoms with E-state index in [4.69, 9.17) is 0 Å². The fourth-order valence-electron chi connectivity index (χ4n) is 2.67. The Hall–Kier alpha value is -1.89. The molecule has 1 aliphatic rings. The third kappa shape index (κ3) is 1.67. The molecule has 2 aromatic carbocycles. The second-order valence-electron chi connectivity index (χ2n) is 5.05. The van der Waals surface area contributed by atoms with E-state index in [1.165, 1.54) is 27.8 Å². The van der Waals surface area contributed by atoms with Gasteiger partial charge in [-0.1, -0.05) is 36.4 Å². The van der Waals surface area contributed by atoms with Gasteiger partial charge in [-0.2, -0.15) is 0 Å². The first-order valence-electron chi connectivity index (χ1n) is 6.39. The van der Waals surface area contributed by atoms with Gasteiger partial charge in [0.05, 0.1) is 0 Å². The average Bonchev–Trinajstić information content (AvgIpc) is 2.75. The Balaban J connectivity index is 2.18. The lowest BCUT2D eigenvalue weighted by Crippen LogP contribution is -1.92. The minimum atomic E-state index is 0.288. The van der Waals surface area contributed by atoms with Gasteiger partial charge in [0.25, 0.3) is 0 Å². The van der Waals surface area contributed by atoms with Crippen LogP contribution in [0.4, 0.5) is 0 Å². The first-order chi connectivity index (χ1) is 8.66. The van der Waals surface area contributed by atoms with E-state index in [0.29, 0.717) is 6.42 Å². The van der Waals surface area contributed by atoms with E-state index in [1.54, 1.807) is 0 Å². The molecule has 0 fully saturated rings. The van der Waals surface area contributed by atoms with Gasteiger partial charge in [-0.05, 0) is 48.1 Å². The van der Waals surface area contributed by atoms with Crippen molar-refractivity contribution in [1.82, 2.24) is 0 Å². The van der Waals surface area contributed by atoms with Gasteiger partial charge >= 0.3 is 0 Å². The molecule has 0 amide bonds. The summed E-state index contributed by atoms with van der Waals surface area (Å²) in [5, 5.41) is 0. The highest BCUT2D eigenvalue weighted by Crippen LogP contribution is 2.33. The number of aryl methyl sites for hydroxylation is 2. The van der Waals surface area contributed by atoms with Crippen molar-refractivity contribution in [1.29, 1.82) is 0 Å². The number of carbonyl (C=O) groups is 1. The van der Waals surface area contributed by atoms with Crippen LogP contribution < -0.4 is 0 Å². The topological polar surface area (TPSA) is 17.1 Å². The fraction of sp³-hybridized carbons (Fsp3) is 0.235. The van der Waals surface area contributed by atoms with Crippen LogP contribution in [0.3, 0.4) is 0 Å². The number of ketones is 1. The monoisotopic (exact) mass is 236 g/mol. The molecule has 0 aliphatic heterocycles. The molecule has 2 aromatic rings. The van der Waals surface area contributed by atoms with Gasteiger partial charge in [0, 0.05) is 12.0 Å². The molecule has 0 bridgehead atoms. The lowest BCUT2D eigenvalue weighted by atomic mass is 9.94. The van der Waals surface area contributed by atoms with Crippen LogP contribution >= 0.6 is 0 Å². The molecule has 0 saturated carbocycles. The minimum absolute atomic E-state index is 0.288. The molecule has 0 atom stereocenters. The summed E-state index contributed by atoms with van der Waals surface area (Å²) < 4.78 is 0. The molecule has 0 N–H and O–H groups in total. The van der Waals surface area contributed by atoms with Crippen LogP contribution in [0.1, 0.15) is 33.5 Å². The maximum Gasteiger partial charge on any atom is 0.163 e. The van der Waals surface area contributed by atoms with Crippen LogP contribution in [-0.2, 0) is 6.42 Å². The molecule has 1 nitrogen and oxygen atoms in total. The third-order valence-electron chi connectivity index (χ3n) is 3.90. The number of carbonyl (C=O) groups excluding carboxylic acids is 1. The van der Waals surface area contributed by atoms with Crippen molar-refractivity contribution >= 4 is 5.78 Å². The summed E-state index contributed by atoms with van der Waals surface area (Å²) in [5.74, 6) is 0.288. The lowest BCUT2D eigenvalue weighted by Gasteiger charge is -2.10. The van der Waals surface area contributed by atoms with Gasteiger partial charge in [-0.15, -0.1) is 0 Å². The van der Waals surface area contributed by atoms with Crippen molar-refractivity contribution in [2.24, 2.45) is 0 Å². The lowest BCUT2D eigenvalue weighted by molar-refractivity contribution is 0.0994. The molecule has 1 heteroatoms. The van der Waals surface area contributed by atoms with E-state index in [-0.39, 0.29) is 5.78 Å². The van der Waals surface area contributed by atoms with Crippen LogP contribution in [0.25, 0.3) is 11.1 Å². The summed E-state index contributed by atoms with van der Waals surface area (Å²) in [6.45, 7) is 4.26. The van der Waals surface area contributed by atoms with E-state index in [0.717, 1.165) is 12.0 Å². The maximum atomic E-state index is 11.8. The largest absolute Gasteiger partial charge is 0.294 e. The Bertz CT molecular complexity index is 638. The van der Waals surface area contributed by atoms with E-state index in [1.807, 2.05) is 12.1 Å². The Morgan fingerprint density at radius 2 is 1.67 bits per heavy atom. The quantitative estimate of drug-likeness (QED) is 0.728. The Morgan fingerprint density at radius 3 is 2.44 bits per heavy atom. The summed E-state index contributed by atoms with van der Waals surface area (Å²) in [6.07, 6.45) is 1.55. The molecule has 1 aliphatic carbocycles. The zero-order valence-corrected chi connectivity index (χ0v) is 10.8. The highest BCUT2D eigenvalue weighted by Gasteiger charge is 2.22. The number of fused-ring (bicyclic) bond motifs is 1. The summed E-state index contributed by atoms with van der Waals surface area (Å²) >= 11 is 0. The zero-order chi connectivity index (χ0) is 12.7. The van der Waals surface area contributed by atoms with Gasteiger partial charge < -0.3 is 0 Å². The molecule has 3 rings (SSSR count). The van der Waals surface area contributed by atoms with Crippen LogP contribution in [0, 0.1) is 13.8 Å². The van der Waals surface area contributed by atoms with Crippen LogP contribution in [0.2, 0.25) is 0 Å². The SMILES string of the molecule is Cc1ccc(-c2cccc3c2CCC3=O)cc1C. The maximum absolute atomic E-state index is 11.8. The van der Waals surface area contributed by atoms with E-state index >= 15 is 0 Å². The number of rotatable bonds is 1. The average molecular weight is 236 g/mol. The Labute approximate surface area is 107 Å². The minimum Gasteiger partial charge on any atom is -0.294 e. The van der Waals surface area contributed by atoms with Gasteiger partial charge in [-0.3, -0.25) is 4.79 Å². The molecule has 18 heavy (non-hydrogen) atoms. The highest BCUT2D eigenvalue weighted by atomic mass is 16.1. The molecule has 0 radical (unpaired) electrons. The normalized spacial score (nSPS) is 13.8. The Morgan fingerprint density at radius 1 is 0.889 bits per heavy atom. The van der Waals surface area contributed by atoms with Gasteiger partial charge in [0.15, 0.2) is 5.78 Å². The third-order valence-corrected chi connectivity index (χ3v) is 3.90. The van der Waals surface area contributed by atoms with Crippen molar-refractivity contribution in [2.75, 3.05) is 0 Å². The second-order valence-corrected chi connectivity index (χ2v) is 5.05. The number of benzene rings is 2. The molecule has 0 unspecified atom stereocenters. The van der Waals surface area contributed by atoms with Gasteiger partial charge in [-0.25, -0.2) is 0 Å². The van der Waals surface area contributed by atoms with Crippen molar-refractivity contribution < 1.29 is 4.79 Å². The van der Waals surface area contributed by atoms with Crippen LogP contribution in [0.15, 0.2) is 36.4 Å². The molecule has 0 saturated heterocycles. The van der Waals surface area contributed by atoms with Crippen LogP contribution in [-0.4, -0.2) is 5.78 Å². The molecule has 90 valence electrons. The van der Waals surface area contributed by atoms with Crippen molar-refractivity contribution in [3.05, 3.63) is 58.7 Å². The smallest absolute Gasteiger partial charge is 0.163 e. The Kier molecular flexibility index (Phi) is 2.55. The first kappa shape index (κ1) is 11.2. The number of hydrogen-bond donors (Lipinski definition) is 0. The van der Waals surface area contributed by atoms with Crippen molar-refractivity contribution in [3.8, 4) is 11.1 Å². The molecular weight excluding hydrogens is 220 g/mol. The fourth-order valence-corrected chi connectivity index (χ4v) is 2.67. The predicted octanol–water partition coefficient (Wildman–Crippen LogP) is 4.10. The van der Waals surface area contributed by atoms with Crippen LogP contribution in [0.5, 0.6) is 0 Å². The second kappa shape index (κ2) is 4.09. The molecular formula is C17H16O. The van der Waals surface area contributed by atoms with E-state index in [9.17, 15) is 4.79 Å². The number of Topliss-reactive ketones (excluding diaryl/α,β-unsaturated/α-hetero) is 1. The predicted molar refractivity (Wildman–Crippen MR) is 74.0 cm³/mol. The van der Waals surface area contributed by atoms with E-state index < -0.39 is 0 Å². The summed E-state index contributed by atoms with van der Waals surface area (Å²) in [6, 6.07) is 12.6. The zero-order valence-electron chi connectivity index (χ0n) is 10.8. The molecule has 0 heterocycles. The summed E-state index contributed by atoms with van der Waals surface area (Å²) in [7, 11) is 0. The standard InChI is InChI=1S/C17H16O/c1-11-6-7-13(10-12(11)2)14-4-3-5-16-15(14)8-9-17(16)18/h3-7,10H,8-9H2,1-2H3. The summed E-state index contributed by atoms with van der Waals surface area (Å²) in [4.78, 5) is 11.8. The number of hydrogen-bond acceptors (Lipinski definition) is 1. The molecule has 0 aromatic heterocycles. The highest BCUT2D eigenvalue weighted by molar-refractivity contribution is 6.02. The first-order valence-corrected chi connectivity index (χ1v) is 6.39. The van der Waals surface area contributed by atoms with Gasteiger partial charge in [0.1, 0.15) is 0 Å². The van der Waals surface area contributed by atoms with E-state index in [2.05, 4.69) is 38.1 Å². The summed E-state index contributed by atoms with van der Waals surface area (Å²) in [5.41, 5.74) is 7.21. The molecule has 0 spiro atoms. The van der Waals surface area contributed by atoms with Crippen molar-refractivity contribution in [3.63, 3.8) is 0 Å². The van der Waals surface area contributed by atoms with Gasteiger partial charge in [0.2, 0.25) is 0 Å².